The topological polar surface area (TPSA) is 111 Å². The largest absolute Gasteiger partial charge is 0.463 e. The maximum Gasteiger partial charge on any atom is 0.408 e. The van der Waals surface area contributed by atoms with Gasteiger partial charge in [0.05, 0.1) is 6.10 Å². The Labute approximate surface area is 219 Å². The summed E-state index contributed by atoms with van der Waals surface area (Å²) < 4.78 is 15.7. The number of nitrogens with one attached hydrogen (secondary N) is 1. The molecule has 0 radical (unpaired) electrons. The molecule has 0 fully saturated rings. The number of aliphatic hydroxyl groups is 1. The van der Waals surface area contributed by atoms with Crippen LogP contribution in [-0.4, -0.2) is 41.9 Å². The molecule has 0 heterocycles. The van der Waals surface area contributed by atoms with Crippen LogP contribution in [0, 0.1) is 0 Å². The van der Waals surface area contributed by atoms with Crippen LogP contribution in [0.15, 0.2) is 60.7 Å². The molecule has 37 heavy (non-hydrogen) atoms. The lowest BCUT2D eigenvalue weighted by molar-refractivity contribution is -0.153. The van der Waals surface area contributed by atoms with E-state index in [4.69, 9.17) is 14.2 Å². The number of benzene rings is 2. The number of ether oxygens (including phenoxy) is 3. The van der Waals surface area contributed by atoms with Crippen LogP contribution in [0.5, 0.6) is 0 Å². The number of aliphatic hydroxyl groups excluding tert-OH is 1. The second kappa shape index (κ2) is 17.9. The molecule has 2 rings (SSSR count). The van der Waals surface area contributed by atoms with Crippen LogP contribution in [0.3, 0.4) is 0 Å². The Morgan fingerprint density at radius 2 is 1.38 bits per heavy atom. The Bertz CT molecular complexity index is 920. The zero-order chi connectivity index (χ0) is 26.7. The second-order valence-electron chi connectivity index (χ2n) is 8.93. The SMILES string of the molecule is CCCCCCCC(O)CCC(=O)OCC(NC(=O)OCc1ccccc1)C(=O)OCc1ccccc1. The molecule has 0 spiro atoms. The first-order valence-corrected chi connectivity index (χ1v) is 13.0. The quantitative estimate of drug-likeness (QED) is 0.173. The number of rotatable bonds is 17. The van der Waals surface area contributed by atoms with Gasteiger partial charge in [-0.25, -0.2) is 9.59 Å². The average Bonchev–Trinajstić information content (AvgIpc) is 2.92. The summed E-state index contributed by atoms with van der Waals surface area (Å²) in [5.41, 5.74) is 1.57. The van der Waals surface area contributed by atoms with Crippen LogP contribution in [-0.2, 0) is 37.0 Å². The van der Waals surface area contributed by atoms with Gasteiger partial charge in [0, 0.05) is 6.42 Å². The molecule has 8 heteroatoms. The van der Waals surface area contributed by atoms with Crippen molar-refractivity contribution in [3.05, 3.63) is 71.8 Å². The van der Waals surface area contributed by atoms with Crippen LogP contribution in [0.2, 0.25) is 0 Å². The molecule has 2 atom stereocenters. The second-order valence-corrected chi connectivity index (χ2v) is 8.93. The van der Waals surface area contributed by atoms with Gasteiger partial charge in [0.15, 0.2) is 6.04 Å². The number of unbranched alkanes of at least 4 members (excludes halogenated alkanes) is 4. The molecule has 0 saturated carbocycles. The maximum atomic E-state index is 12.7. The summed E-state index contributed by atoms with van der Waals surface area (Å²) in [5.74, 6) is -1.31. The number of alkyl carbamates (subject to hydrolysis) is 1. The summed E-state index contributed by atoms with van der Waals surface area (Å²) >= 11 is 0. The monoisotopic (exact) mass is 513 g/mol. The molecule has 0 bridgehead atoms. The Balaban J connectivity index is 1.81. The highest BCUT2D eigenvalue weighted by Gasteiger charge is 2.25. The molecule has 0 aliphatic carbocycles. The van der Waals surface area contributed by atoms with Crippen LogP contribution in [0.1, 0.15) is 69.4 Å². The molecule has 0 aliphatic rings. The minimum absolute atomic E-state index is 0.00924. The van der Waals surface area contributed by atoms with Gasteiger partial charge >= 0.3 is 18.0 Å². The van der Waals surface area contributed by atoms with Crippen LogP contribution >= 0.6 is 0 Å². The van der Waals surface area contributed by atoms with Crippen molar-refractivity contribution in [1.29, 1.82) is 0 Å². The highest BCUT2D eigenvalue weighted by atomic mass is 16.6. The van der Waals surface area contributed by atoms with Crippen LogP contribution in [0.25, 0.3) is 0 Å². The Morgan fingerprint density at radius 3 is 2.00 bits per heavy atom. The molecule has 1 amide bonds. The normalized spacial score (nSPS) is 12.3. The van der Waals surface area contributed by atoms with Gasteiger partial charge < -0.3 is 24.6 Å². The lowest BCUT2D eigenvalue weighted by atomic mass is 10.1. The molecule has 2 unspecified atom stereocenters. The van der Waals surface area contributed by atoms with Crippen molar-refractivity contribution in [3.63, 3.8) is 0 Å². The molecule has 2 aromatic carbocycles. The first-order chi connectivity index (χ1) is 18.0. The fourth-order valence-corrected chi connectivity index (χ4v) is 3.57. The minimum Gasteiger partial charge on any atom is -0.463 e. The van der Waals surface area contributed by atoms with Crippen LogP contribution in [0.4, 0.5) is 4.79 Å². The molecular weight excluding hydrogens is 474 g/mol. The summed E-state index contributed by atoms with van der Waals surface area (Å²) in [6.45, 7) is 1.78. The van der Waals surface area contributed by atoms with E-state index in [1.807, 2.05) is 36.4 Å². The third kappa shape index (κ3) is 13.5. The average molecular weight is 514 g/mol. The van der Waals surface area contributed by atoms with Gasteiger partial charge in [-0.1, -0.05) is 99.7 Å². The Morgan fingerprint density at radius 1 is 0.784 bits per heavy atom. The standard InChI is InChI=1S/C29H39NO7/c1-2-3-4-5-12-17-25(31)18-19-27(32)35-22-26(28(33)36-20-23-13-8-6-9-14-23)30-29(34)37-21-24-15-10-7-11-16-24/h6-11,13-16,25-26,31H,2-5,12,17-22H2,1H3,(H,30,34). The highest BCUT2D eigenvalue weighted by molar-refractivity contribution is 5.82. The van der Waals surface area contributed by atoms with E-state index in [-0.39, 0.29) is 26.1 Å². The number of esters is 2. The first kappa shape index (κ1) is 29.8. The highest BCUT2D eigenvalue weighted by Crippen LogP contribution is 2.11. The van der Waals surface area contributed by atoms with E-state index in [0.717, 1.165) is 36.8 Å². The number of amides is 1. The van der Waals surface area contributed by atoms with Gasteiger partial charge in [-0.3, -0.25) is 4.79 Å². The maximum absolute atomic E-state index is 12.7. The van der Waals surface area contributed by atoms with Crippen molar-refractivity contribution < 1.29 is 33.7 Å². The molecular formula is C29H39NO7. The van der Waals surface area contributed by atoms with Crippen molar-refractivity contribution in [1.82, 2.24) is 5.32 Å². The lowest BCUT2D eigenvalue weighted by Gasteiger charge is -2.18. The van der Waals surface area contributed by atoms with Crippen molar-refractivity contribution >= 4 is 18.0 Å². The Kier molecular flexibility index (Phi) is 14.5. The lowest BCUT2D eigenvalue weighted by Crippen LogP contribution is -2.45. The van der Waals surface area contributed by atoms with E-state index in [0.29, 0.717) is 6.42 Å². The fourth-order valence-electron chi connectivity index (χ4n) is 3.57. The third-order valence-electron chi connectivity index (χ3n) is 5.75. The number of carbonyl (C=O) groups is 3. The summed E-state index contributed by atoms with van der Waals surface area (Å²) in [6.07, 6.45) is 5.00. The predicted molar refractivity (Wildman–Crippen MR) is 139 cm³/mol. The number of hydrogen-bond donors (Lipinski definition) is 2. The van der Waals surface area contributed by atoms with Gasteiger partial charge in [0.25, 0.3) is 0 Å². The van der Waals surface area contributed by atoms with E-state index in [9.17, 15) is 19.5 Å². The summed E-state index contributed by atoms with van der Waals surface area (Å²) in [6, 6.07) is 17.0. The molecule has 0 aromatic heterocycles. The molecule has 2 N–H and O–H groups in total. The minimum atomic E-state index is -1.24. The smallest absolute Gasteiger partial charge is 0.408 e. The molecule has 0 saturated heterocycles. The number of carbonyl (C=O) groups excluding carboxylic acids is 3. The third-order valence-corrected chi connectivity index (χ3v) is 5.75. The zero-order valence-electron chi connectivity index (χ0n) is 21.6. The number of hydrogen-bond acceptors (Lipinski definition) is 7. The molecule has 0 aliphatic heterocycles. The first-order valence-electron chi connectivity index (χ1n) is 13.0. The van der Waals surface area contributed by atoms with E-state index < -0.39 is 36.8 Å². The van der Waals surface area contributed by atoms with Crippen molar-refractivity contribution in [2.75, 3.05) is 6.61 Å². The molecule has 2 aromatic rings. The van der Waals surface area contributed by atoms with Gasteiger partial charge in [0.1, 0.15) is 19.8 Å². The zero-order valence-corrected chi connectivity index (χ0v) is 21.6. The Hall–Kier alpha value is -3.39. The van der Waals surface area contributed by atoms with E-state index in [1.54, 1.807) is 24.3 Å². The summed E-state index contributed by atoms with van der Waals surface area (Å²) in [7, 11) is 0. The van der Waals surface area contributed by atoms with E-state index >= 15 is 0 Å². The van der Waals surface area contributed by atoms with Gasteiger partial charge in [-0.15, -0.1) is 0 Å². The van der Waals surface area contributed by atoms with E-state index in [2.05, 4.69) is 12.2 Å². The molecule has 8 nitrogen and oxygen atoms in total. The van der Waals surface area contributed by atoms with Gasteiger partial charge in [-0.05, 0) is 24.0 Å². The van der Waals surface area contributed by atoms with Gasteiger partial charge in [0.2, 0.25) is 0 Å². The summed E-state index contributed by atoms with van der Waals surface area (Å²) in [5, 5.41) is 12.5. The predicted octanol–water partition coefficient (Wildman–Crippen LogP) is 5.07. The van der Waals surface area contributed by atoms with Crippen molar-refractivity contribution in [2.45, 2.75) is 83.6 Å². The van der Waals surface area contributed by atoms with Crippen LogP contribution < -0.4 is 5.32 Å². The van der Waals surface area contributed by atoms with Gasteiger partial charge in [-0.2, -0.15) is 0 Å². The summed E-state index contributed by atoms with van der Waals surface area (Å²) in [4.78, 5) is 37.2. The van der Waals surface area contributed by atoms with E-state index in [1.165, 1.54) is 6.42 Å². The van der Waals surface area contributed by atoms with Crippen molar-refractivity contribution in [2.24, 2.45) is 0 Å². The fraction of sp³-hybridized carbons (Fsp3) is 0.483. The molecule has 202 valence electrons. The van der Waals surface area contributed by atoms with Crippen molar-refractivity contribution in [3.8, 4) is 0 Å².